The van der Waals surface area contributed by atoms with Crippen molar-refractivity contribution in [2.45, 2.75) is 58.3 Å². The summed E-state index contributed by atoms with van der Waals surface area (Å²) >= 11 is 0. The normalized spacial score (nSPS) is 13.1. The van der Waals surface area contributed by atoms with Gasteiger partial charge in [0.1, 0.15) is 5.82 Å². The van der Waals surface area contributed by atoms with Crippen LogP contribution >= 0.6 is 0 Å². The number of carbonyl (C=O) groups is 1. The molecule has 0 atom stereocenters. The number of aromatic nitrogens is 1. The molecule has 4 nitrogen and oxygen atoms in total. The number of fused-ring (bicyclic) bond motifs is 1. The Bertz CT molecular complexity index is 539. The Balaban J connectivity index is 1.60. The molecule has 1 aliphatic heterocycles. The molecule has 23 heavy (non-hydrogen) atoms. The van der Waals surface area contributed by atoms with Crippen molar-refractivity contribution in [3.05, 3.63) is 35.5 Å². The Morgan fingerprint density at radius 1 is 1.30 bits per heavy atom. The summed E-state index contributed by atoms with van der Waals surface area (Å²) in [7, 11) is 0. The van der Waals surface area contributed by atoms with Crippen LogP contribution < -0.4 is 10.6 Å². The quantitative estimate of drug-likeness (QED) is 0.540. The highest BCUT2D eigenvalue weighted by atomic mass is 16.1. The van der Waals surface area contributed by atoms with Crippen LogP contribution in [0, 0.1) is 0 Å². The van der Waals surface area contributed by atoms with Gasteiger partial charge in [0.15, 0.2) is 0 Å². The van der Waals surface area contributed by atoms with Crippen LogP contribution in [0.4, 0.5) is 5.82 Å². The highest BCUT2D eigenvalue weighted by Gasteiger charge is 2.10. The van der Waals surface area contributed by atoms with Gasteiger partial charge in [0, 0.05) is 25.7 Å². The molecule has 2 rings (SSSR count). The number of unbranched alkanes of at least 4 members (excludes halogenated alkanes) is 1. The molecular weight excluding hydrogens is 286 g/mol. The van der Waals surface area contributed by atoms with Gasteiger partial charge in [0.05, 0.1) is 0 Å². The van der Waals surface area contributed by atoms with Gasteiger partial charge in [-0.1, -0.05) is 18.2 Å². The zero-order valence-corrected chi connectivity index (χ0v) is 14.3. The molecule has 1 aliphatic rings. The summed E-state index contributed by atoms with van der Waals surface area (Å²) in [6.07, 6.45) is 8.75. The van der Waals surface area contributed by atoms with E-state index in [0.29, 0.717) is 0 Å². The van der Waals surface area contributed by atoms with Crippen molar-refractivity contribution in [2.24, 2.45) is 0 Å². The van der Waals surface area contributed by atoms with E-state index < -0.39 is 0 Å². The first kappa shape index (κ1) is 17.5. The van der Waals surface area contributed by atoms with E-state index in [1.807, 2.05) is 0 Å². The summed E-state index contributed by atoms with van der Waals surface area (Å²) in [4.78, 5) is 15.5. The lowest BCUT2D eigenvalue weighted by Crippen LogP contribution is -2.20. The van der Waals surface area contributed by atoms with Crippen LogP contribution in [-0.2, 0) is 17.6 Å². The van der Waals surface area contributed by atoms with E-state index in [0.717, 1.165) is 63.9 Å². The first-order valence-electron chi connectivity index (χ1n) is 8.79. The van der Waals surface area contributed by atoms with Crippen molar-refractivity contribution in [3.63, 3.8) is 0 Å². The Morgan fingerprint density at radius 3 is 2.96 bits per heavy atom. The van der Waals surface area contributed by atoms with Crippen molar-refractivity contribution < 1.29 is 4.79 Å². The van der Waals surface area contributed by atoms with Gasteiger partial charge < -0.3 is 10.6 Å². The fourth-order valence-electron chi connectivity index (χ4n) is 2.92. The number of aryl methyl sites for hydroxylation is 2. The number of hydrogen-bond donors (Lipinski definition) is 2. The van der Waals surface area contributed by atoms with Crippen LogP contribution in [-0.4, -0.2) is 24.0 Å². The second-order valence-electron chi connectivity index (χ2n) is 6.38. The molecule has 1 amide bonds. The fourth-order valence-corrected chi connectivity index (χ4v) is 2.92. The number of amides is 1. The average Bonchev–Trinajstić information content (AvgIpc) is 2.55. The summed E-state index contributed by atoms with van der Waals surface area (Å²) in [5, 5.41) is 6.21. The first-order valence-corrected chi connectivity index (χ1v) is 8.79. The van der Waals surface area contributed by atoms with Crippen LogP contribution in [0.3, 0.4) is 0 Å². The van der Waals surface area contributed by atoms with Crippen molar-refractivity contribution in [1.29, 1.82) is 0 Å². The average molecular weight is 315 g/mol. The molecule has 0 fully saturated rings. The van der Waals surface area contributed by atoms with Crippen molar-refractivity contribution in [1.82, 2.24) is 10.3 Å². The zero-order valence-electron chi connectivity index (χ0n) is 14.3. The predicted molar refractivity (Wildman–Crippen MR) is 95.7 cm³/mol. The second kappa shape index (κ2) is 9.33. The SMILES string of the molecule is C=C(CCCCc1ccc2c(n1)NCCC2)CCCNC(C)=O. The Kier molecular flexibility index (Phi) is 7.11. The summed E-state index contributed by atoms with van der Waals surface area (Å²) in [6.45, 7) is 7.48. The Hall–Kier alpha value is -1.84. The van der Waals surface area contributed by atoms with Gasteiger partial charge in [0.2, 0.25) is 5.91 Å². The number of allylic oxidation sites excluding steroid dienone is 1. The molecule has 0 aliphatic carbocycles. The summed E-state index contributed by atoms with van der Waals surface area (Å²) in [5.74, 6) is 1.14. The van der Waals surface area contributed by atoms with E-state index in [1.54, 1.807) is 6.92 Å². The topological polar surface area (TPSA) is 54.0 Å². The molecule has 0 saturated carbocycles. The molecule has 4 heteroatoms. The van der Waals surface area contributed by atoms with Gasteiger partial charge in [-0.05, 0) is 63.0 Å². The molecule has 1 aromatic rings. The van der Waals surface area contributed by atoms with Gasteiger partial charge in [-0.25, -0.2) is 4.98 Å². The van der Waals surface area contributed by atoms with E-state index in [1.165, 1.54) is 23.3 Å². The lowest BCUT2D eigenvalue weighted by atomic mass is 10.0. The van der Waals surface area contributed by atoms with Gasteiger partial charge in [-0.3, -0.25) is 4.79 Å². The van der Waals surface area contributed by atoms with E-state index in [2.05, 4.69) is 29.3 Å². The van der Waals surface area contributed by atoms with E-state index in [9.17, 15) is 4.79 Å². The third-order valence-electron chi connectivity index (χ3n) is 4.25. The largest absolute Gasteiger partial charge is 0.370 e. The van der Waals surface area contributed by atoms with Gasteiger partial charge in [-0.2, -0.15) is 0 Å². The summed E-state index contributed by atoms with van der Waals surface area (Å²) < 4.78 is 0. The maximum atomic E-state index is 10.8. The molecule has 2 heterocycles. The maximum absolute atomic E-state index is 10.8. The van der Waals surface area contributed by atoms with Crippen LogP contribution in [0.5, 0.6) is 0 Å². The minimum Gasteiger partial charge on any atom is -0.370 e. The maximum Gasteiger partial charge on any atom is 0.216 e. The number of rotatable bonds is 9. The standard InChI is InChI=1S/C19H29N3O/c1-15(8-5-13-20-16(2)23)7-3-4-10-18-12-11-17-9-6-14-21-19(17)22-18/h11-12H,1,3-10,13-14H2,2H3,(H,20,23)(H,21,22). The van der Waals surface area contributed by atoms with Crippen LogP contribution in [0.2, 0.25) is 0 Å². The van der Waals surface area contributed by atoms with Crippen molar-refractivity contribution in [3.8, 4) is 0 Å². The molecule has 2 N–H and O–H groups in total. The van der Waals surface area contributed by atoms with Gasteiger partial charge in [0.25, 0.3) is 0 Å². The Labute approximate surface area is 139 Å². The number of pyridine rings is 1. The third kappa shape index (κ3) is 6.43. The number of hydrogen-bond acceptors (Lipinski definition) is 3. The van der Waals surface area contributed by atoms with Gasteiger partial charge in [-0.15, -0.1) is 0 Å². The monoisotopic (exact) mass is 315 g/mol. The Morgan fingerprint density at radius 2 is 2.13 bits per heavy atom. The van der Waals surface area contributed by atoms with Crippen LogP contribution in [0.1, 0.15) is 56.7 Å². The molecule has 0 radical (unpaired) electrons. The minimum absolute atomic E-state index is 0.0441. The fraction of sp³-hybridized carbons (Fsp3) is 0.579. The smallest absolute Gasteiger partial charge is 0.216 e. The molecule has 0 spiro atoms. The first-order chi connectivity index (χ1) is 11.1. The molecular formula is C19H29N3O. The third-order valence-corrected chi connectivity index (χ3v) is 4.25. The van der Waals surface area contributed by atoms with Crippen molar-refractivity contribution >= 4 is 11.7 Å². The van der Waals surface area contributed by atoms with Crippen LogP contribution in [0.15, 0.2) is 24.3 Å². The predicted octanol–water partition coefficient (Wildman–Crippen LogP) is 3.63. The number of anilines is 1. The molecule has 0 unspecified atom stereocenters. The lowest BCUT2D eigenvalue weighted by Gasteiger charge is -2.17. The number of nitrogens with one attached hydrogen (secondary N) is 2. The summed E-state index contributed by atoms with van der Waals surface area (Å²) in [6, 6.07) is 4.40. The van der Waals surface area contributed by atoms with E-state index in [-0.39, 0.29) is 5.91 Å². The molecule has 1 aromatic heterocycles. The highest BCUT2D eigenvalue weighted by molar-refractivity contribution is 5.72. The van der Waals surface area contributed by atoms with Crippen LogP contribution in [0.25, 0.3) is 0 Å². The molecule has 0 bridgehead atoms. The van der Waals surface area contributed by atoms with E-state index in [4.69, 9.17) is 4.98 Å². The minimum atomic E-state index is 0.0441. The van der Waals surface area contributed by atoms with Crippen molar-refractivity contribution in [2.75, 3.05) is 18.4 Å². The van der Waals surface area contributed by atoms with Gasteiger partial charge >= 0.3 is 0 Å². The second-order valence-corrected chi connectivity index (χ2v) is 6.38. The van der Waals surface area contributed by atoms with E-state index >= 15 is 0 Å². The summed E-state index contributed by atoms with van der Waals surface area (Å²) in [5.41, 5.74) is 3.83. The molecule has 0 saturated heterocycles. The number of carbonyl (C=O) groups excluding carboxylic acids is 1. The molecule has 0 aromatic carbocycles. The number of nitrogens with zero attached hydrogens (tertiary/aromatic N) is 1. The molecule has 126 valence electrons. The zero-order chi connectivity index (χ0) is 16.5. The highest BCUT2D eigenvalue weighted by Crippen LogP contribution is 2.20. The lowest BCUT2D eigenvalue weighted by molar-refractivity contribution is -0.118.